The topological polar surface area (TPSA) is 87.3 Å². The van der Waals surface area contributed by atoms with E-state index < -0.39 is 10.0 Å². The highest BCUT2D eigenvalue weighted by molar-refractivity contribution is 7.88. The summed E-state index contributed by atoms with van der Waals surface area (Å²) in [6.07, 6.45) is 8.03. The van der Waals surface area contributed by atoms with Crippen LogP contribution in [-0.2, 0) is 10.0 Å². The van der Waals surface area contributed by atoms with Crippen LogP contribution in [0.2, 0.25) is 0 Å². The lowest BCUT2D eigenvalue weighted by Crippen LogP contribution is -2.57. The molecule has 0 saturated heterocycles. The SMILES string of the molecule is CS(=O)(=O)NCCNC(=O)NCC12CC3CC(CC(Cl)(C3)C1)C2. The fourth-order valence-corrected chi connectivity index (χ4v) is 6.48. The molecule has 4 fully saturated rings. The second-order valence-corrected chi connectivity index (χ2v) is 10.5. The summed E-state index contributed by atoms with van der Waals surface area (Å²) in [5.41, 5.74) is 0.161. The molecule has 8 heteroatoms. The average Bonchev–Trinajstić information content (AvgIpc) is 2.38. The molecule has 2 amide bonds. The zero-order valence-corrected chi connectivity index (χ0v) is 15.1. The Morgan fingerprint density at radius 1 is 1.13 bits per heavy atom. The fourth-order valence-electron chi connectivity index (χ4n) is 5.29. The van der Waals surface area contributed by atoms with Crippen LogP contribution in [0.4, 0.5) is 4.79 Å². The molecule has 0 aromatic carbocycles. The van der Waals surface area contributed by atoms with Crippen LogP contribution in [0.25, 0.3) is 0 Å². The van der Waals surface area contributed by atoms with Crippen molar-refractivity contribution in [3.63, 3.8) is 0 Å². The third-order valence-electron chi connectivity index (χ3n) is 5.51. The maximum absolute atomic E-state index is 11.9. The zero-order chi connectivity index (χ0) is 16.7. The molecule has 132 valence electrons. The molecule has 0 radical (unpaired) electrons. The van der Waals surface area contributed by atoms with E-state index in [-0.39, 0.29) is 29.4 Å². The molecule has 4 aliphatic carbocycles. The van der Waals surface area contributed by atoms with E-state index >= 15 is 0 Å². The smallest absolute Gasteiger partial charge is 0.314 e. The number of nitrogens with one attached hydrogen (secondary N) is 3. The highest BCUT2D eigenvalue weighted by atomic mass is 35.5. The van der Waals surface area contributed by atoms with Gasteiger partial charge in [0.15, 0.2) is 0 Å². The van der Waals surface area contributed by atoms with E-state index in [4.69, 9.17) is 11.6 Å². The molecular weight excluding hydrogens is 338 g/mol. The number of urea groups is 1. The fraction of sp³-hybridized carbons (Fsp3) is 0.933. The van der Waals surface area contributed by atoms with Crippen LogP contribution in [-0.4, -0.2) is 45.2 Å². The molecule has 0 aromatic heterocycles. The van der Waals surface area contributed by atoms with Gasteiger partial charge in [-0.15, -0.1) is 11.6 Å². The molecule has 2 atom stereocenters. The van der Waals surface area contributed by atoms with E-state index in [1.54, 1.807) is 0 Å². The molecule has 23 heavy (non-hydrogen) atoms. The first kappa shape index (κ1) is 17.3. The van der Waals surface area contributed by atoms with Gasteiger partial charge < -0.3 is 10.6 Å². The Hall–Kier alpha value is -0.530. The van der Waals surface area contributed by atoms with Gasteiger partial charge in [0.2, 0.25) is 10.0 Å². The largest absolute Gasteiger partial charge is 0.338 e. The molecule has 3 N–H and O–H groups in total. The van der Waals surface area contributed by atoms with E-state index in [2.05, 4.69) is 15.4 Å². The number of halogens is 1. The van der Waals surface area contributed by atoms with Crippen LogP contribution in [0.1, 0.15) is 38.5 Å². The Morgan fingerprint density at radius 3 is 2.35 bits per heavy atom. The van der Waals surface area contributed by atoms with Gasteiger partial charge in [0.1, 0.15) is 0 Å². The number of alkyl halides is 1. The lowest BCUT2D eigenvalue weighted by Gasteiger charge is -2.60. The molecular formula is C15H26ClN3O3S. The Morgan fingerprint density at radius 2 is 1.78 bits per heavy atom. The summed E-state index contributed by atoms with van der Waals surface area (Å²) in [5.74, 6) is 1.44. The van der Waals surface area contributed by atoms with Crippen molar-refractivity contribution in [2.24, 2.45) is 17.3 Å². The number of rotatable bonds is 6. The van der Waals surface area contributed by atoms with Gasteiger partial charge in [-0.3, -0.25) is 0 Å². The number of hydrogen-bond donors (Lipinski definition) is 3. The second kappa shape index (κ2) is 6.08. The van der Waals surface area contributed by atoms with Crippen LogP contribution in [0.3, 0.4) is 0 Å². The van der Waals surface area contributed by atoms with Crippen molar-refractivity contribution in [3.05, 3.63) is 0 Å². The Labute approximate surface area is 143 Å². The van der Waals surface area contributed by atoms with Crippen molar-refractivity contribution in [2.75, 3.05) is 25.9 Å². The average molecular weight is 364 g/mol. The van der Waals surface area contributed by atoms with Gasteiger partial charge in [-0.2, -0.15) is 0 Å². The summed E-state index contributed by atoms with van der Waals surface area (Å²) in [5, 5.41) is 5.66. The van der Waals surface area contributed by atoms with Gasteiger partial charge in [-0.25, -0.2) is 17.9 Å². The summed E-state index contributed by atoms with van der Waals surface area (Å²) in [6, 6.07) is -0.236. The van der Waals surface area contributed by atoms with E-state index in [1.807, 2.05) is 0 Å². The summed E-state index contributed by atoms with van der Waals surface area (Å²) in [7, 11) is -3.21. The minimum atomic E-state index is -3.21. The van der Waals surface area contributed by atoms with Crippen molar-refractivity contribution in [3.8, 4) is 0 Å². The first-order valence-electron chi connectivity index (χ1n) is 8.32. The van der Waals surface area contributed by atoms with Crippen LogP contribution in [0, 0.1) is 17.3 Å². The maximum atomic E-state index is 11.9. The molecule has 0 spiro atoms. The third kappa shape index (κ3) is 4.31. The quantitative estimate of drug-likeness (QED) is 0.492. The zero-order valence-electron chi connectivity index (χ0n) is 13.5. The first-order valence-corrected chi connectivity index (χ1v) is 10.6. The molecule has 0 aliphatic heterocycles. The normalized spacial score (nSPS) is 38.5. The van der Waals surface area contributed by atoms with Gasteiger partial charge in [0.05, 0.1) is 6.26 Å². The van der Waals surface area contributed by atoms with E-state index in [9.17, 15) is 13.2 Å². The lowest BCUT2D eigenvalue weighted by molar-refractivity contribution is -0.0373. The predicted octanol–water partition coefficient (Wildman–Crippen LogP) is 1.41. The van der Waals surface area contributed by atoms with E-state index in [1.165, 1.54) is 19.3 Å². The second-order valence-electron chi connectivity index (χ2n) is 7.89. The minimum Gasteiger partial charge on any atom is -0.338 e. The Bertz CT molecular complexity index is 567. The molecule has 4 saturated carbocycles. The number of sulfonamides is 1. The standard InChI is InChI=1S/C15H26ClN3O3S/c1-23(21,22)19-3-2-17-13(20)18-10-14-5-11-4-12(6-14)8-15(16,7-11)9-14/h11-12,19H,2-10H2,1H3,(H2,17,18,20). The number of amides is 2. The first-order chi connectivity index (χ1) is 10.7. The Kier molecular flexibility index (Phi) is 4.57. The van der Waals surface area contributed by atoms with Crippen LogP contribution in [0.5, 0.6) is 0 Å². The van der Waals surface area contributed by atoms with Crippen molar-refractivity contribution in [1.82, 2.24) is 15.4 Å². The van der Waals surface area contributed by atoms with Gasteiger partial charge in [0.25, 0.3) is 0 Å². The lowest BCUT2D eigenvalue weighted by atomic mass is 9.49. The van der Waals surface area contributed by atoms with Gasteiger partial charge in [0, 0.05) is 24.5 Å². The number of carbonyl (C=O) groups is 1. The molecule has 2 unspecified atom stereocenters. The van der Waals surface area contributed by atoms with E-state index in [0.717, 1.165) is 37.4 Å². The molecule has 4 bridgehead atoms. The van der Waals surface area contributed by atoms with Gasteiger partial charge >= 0.3 is 6.03 Å². The van der Waals surface area contributed by atoms with Gasteiger partial charge in [-0.05, 0) is 55.8 Å². The monoisotopic (exact) mass is 363 g/mol. The molecule has 0 heterocycles. The molecule has 4 rings (SSSR count). The summed E-state index contributed by atoms with van der Waals surface area (Å²) < 4.78 is 24.2. The minimum absolute atomic E-state index is 0.0400. The third-order valence-corrected chi connectivity index (χ3v) is 6.68. The highest BCUT2D eigenvalue weighted by Gasteiger charge is 2.56. The van der Waals surface area contributed by atoms with Crippen molar-refractivity contribution >= 4 is 27.7 Å². The van der Waals surface area contributed by atoms with Crippen molar-refractivity contribution in [2.45, 2.75) is 43.4 Å². The van der Waals surface area contributed by atoms with Crippen LogP contribution >= 0.6 is 11.6 Å². The van der Waals surface area contributed by atoms with E-state index in [0.29, 0.717) is 6.54 Å². The Balaban J connectivity index is 1.44. The number of carbonyl (C=O) groups excluding carboxylic acids is 1. The molecule has 6 nitrogen and oxygen atoms in total. The highest BCUT2D eigenvalue weighted by Crippen LogP contribution is 2.63. The molecule has 0 aromatic rings. The van der Waals surface area contributed by atoms with Crippen molar-refractivity contribution in [1.29, 1.82) is 0 Å². The van der Waals surface area contributed by atoms with Crippen LogP contribution < -0.4 is 15.4 Å². The van der Waals surface area contributed by atoms with Gasteiger partial charge in [-0.1, -0.05) is 0 Å². The predicted molar refractivity (Wildman–Crippen MR) is 89.9 cm³/mol. The maximum Gasteiger partial charge on any atom is 0.314 e. The van der Waals surface area contributed by atoms with Crippen molar-refractivity contribution < 1.29 is 13.2 Å². The summed E-state index contributed by atoms with van der Waals surface area (Å²) in [4.78, 5) is 11.9. The molecule has 4 aliphatic rings. The summed E-state index contributed by atoms with van der Waals surface area (Å²) >= 11 is 6.79. The van der Waals surface area contributed by atoms with Crippen LogP contribution in [0.15, 0.2) is 0 Å². The number of hydrogen-bond acceptors (Lipinski definition) is 3. The summed E-state index contributed by atoms with van der Waals surface area (Å²) in [6.45, 7) is 1.14.